The monoisotopic (exact) mass is 344 g/mol. The van der Waals surface area contributed by atoms with E-state index in [9.17, 15) is 23.1 Å². The maximum atomic E-state index is 13.4. The molecule has 0 rings (SSSR count). The van der Waals surface area contributed by atoms with Gasteiger partial charge in [0.05, 0.1) is 0 Å². The summed E-state index contributed by atoms with van der Waals surface area (Å²) < 4.78 is 37.0. The summed E-state index contributed by atoms with van der Waals surface area (Å²) in [4.78, 5) is 20.3. The molecule has 0 spiro atoms. The molecule has 0 heterocycles. The van der Waals surface area contributed by atoms with Crippen LogP contribution in [-0.2, 0) is 22.1 Å². The van der Waals surface area contributed by atoms with E-state index in [1.807, 2.05) is 0 Å². The molecule has 0 radical (unpaired) electrons. The van der Waals surface area contributed by atoms with Gasteiger partial charge in [-0.2, -0.15) is 0 Å². The van der Waals surface area contributed by atoms with Crippen molar-refractivity contribution in [1.29, 1.82) is 10.5 Å². The third-order valence-electron chi connectivity index (χ3n) is 0.777. The van der Waals surface area contributed by atoms with Crippen molar-refractivity contribution in [1.82, 2.24) is 0 Å². The van der Waals surface area contributed by atoms with Crippen molar-refractivity contribution in [2.75, 3.05) is 0 Å². The summed E-state index contributed by atoms with van der Waals surface area (Å²) in [6.45, 7) is 0. The molecule has 0 aliphatic heterocycles. The van der Waals surface area contributed by atoms with Crippen molar-refractivity contribution in [2.24, 2.45) is 0 Å². The fourth-order valence-corrected chi connectivity index (χ4v) is 2.47. The summed E-state index contributed by atoms with van der Waals surface area (Å²) in [6, 6.07) is 0. The second-order valence-electron chi connectivity index (χ2n) is 1.87. The van der Waals surface area contributed by atoms with Crippen LogP contribution in [0.4, 0.5) is 8.39 Å². The molecule has 94 valence electrons. The molecule has 0 bridgehead atoms. The van der Waals surface area contributed by atoms with E-state index in [0.717, 1.165) is 10.8 Å². The second kappa shape index (κ2) is 8.60. The van der Waals surface area contributed by atoms with Gasteiger partial charge in [-0.15, -0.1) is 0 Å². The molecule has 0 N–H and O–H groups in total. The van der Waals surface area contributed by atoms with E-state index < -0.39 is 43.9 Å². The van der Waals surface area contributed by atoms with Crippen molar-refractivity contribution in [2.45, 2.75) is 0 Å². The third kappa shape index (κ3) is 7.80. The fourth-order valence-electron chi connectivity index (χ4n) is 0.361. The fraction of sp³-hybridized carbons (Fsp3) is 0. The minimum atomic E-state index is -7.18. The molecule has 0 aromatic heterocycles. The first-order valence-corrected chi connectivity index (χ1v) is 6.40. The number of hydrogen-bond acceptors (Lipinski definition) is 10. The minimum Gasteiger partial charge on any atom is 1.00 e. The number of carboxylic acid groups (broad SMARTS) is 1. The van der Waals surface area contributed by atoms with E-state index in [1.165, 1.54) is 0 Å². The average Bonchev–Trinajstić information content (AvgIpc) is 2.24. The standard InChI is InChI=1S/C4HF2N2O6PS2.K/c5-15(6,13-16-1-7,14-17-2-8)12-4(11)3(9)10;/h(H,9,10);/q;+1/p-1. The Morgan fingerprint density at radius 3 is 1.83 bits per heavy atom. The molecule has 0 aromatic rings. The Balaban J connectivity index is 0. The Labute approximate surface area is 150 Å². The molecule has 0 aliphatic rings. The summed E-state index contributed by atoms with van der Waals surface area (Å²) in [5, 5.41) is 28.0. The van der Waals surface area contributed by atoms with Gasteiger partial charge in [-0.3, -0.25) is 0 Å². The molecule has 8 nitrogen and oxygen atoms in total. The number of carbonyl (C=O) groups is 2. The van der Waals surface area contributed by atoms with Crippen LogP contribution in [0, 0.1) is 21.3 Å². The second-order valence-corrected chi connectivity index (χ2v) is 5.34. The summed E-state index contributed by atoms with van der Waals surface area (Å²) in [6.07, 6.45) is 0. The Kier molecular flexibility index (Phi) is 9.93. The smallest absolute Gasteiger partial charge is 1.00 e. The molecular formula is C4F2KN2O6PS2. The zero-order valence-corrected chi connectivity index (χ0v) is 14.0. The summed E-state index contributed by atoms with van der Waals surface area (Å²) in [7, 11) is -7.18. The number of halogens is 2. The van der Waals surface area contributed by atoms with E-state index >= 15 is 0 Å². The van der Waals surface area contributed by atoms with Crippen LogP contribution in [0.3, 0.4) is 0 Å². The maximum Gasteiger partial charge on any atom is 1.00 e. The molecule has 0 saturated heterocycles. The third-order valence-corrected chi connectivity index (χ3v) is 3.85. The van der Waals surface area contributed by atoms with Gasteiger partial charge >= 0.3 is 152 Å². The Morgan fingerprint density at radius 2 is 1.56 bits per heavy atom. The number of carboxylic acids is 1. The molecule has 18 heavy (non-hydrogen) atoms. The Morgan fingerprint density at radius 1 is 1.17 bits per heavy atom. The van der Waals surface area contributed by atoms with Crippen molar-refractivity contribution < 1.29 is 86.9 Å². The van der Waals surface area contributed by atoms with E-state index in [2.05, 4.69) is 12.5 Å². The molecule has 0 fully saturated rings. The van der Waals surface area contributed by atoms with Crippen molar-refractivity contribution in [3.05, 3.63) is 0 Å². The molecule has 14 heteroatoms. The molecule has 0 saturated carbocycles. The predicted octanol–water partition coefficient (Wildman–Crippen LogP) is -2.36. The zero-order valence-electron chi connectivity index (χ0n) is 8.36. The van der Waals surface area contributed by atoms with Gasteiger partial charge in [-0.05, 0) is 0 Å². The Bertz CT molecular complexity index is 403. The SMILES string of the molecule is N#CSOP(F)(F)(OSC#N)OC(=O)C(=O)[O-].[K+]. The van der Waals surface area contributed by atoms with Crippen LogP contribution in [-0.4, -0.2) is 11.9 Å². The Hall–Kier alpha value is 0.466. The number of thiocyanates is 2. The number of nitrogens with zero attached hydrogens (tertiary/aromatic N) is 2. The average molecular weight is 344 g/mol. The van der Waals surface area contributed by atoms with Crippen molar-refractivity contribution in [3.8, 4) is 10.8 Å². The quantitative estimate of drug-likeness (QED) is 0.175. The van der Waals surface area contributed by atoms with Gasteiger partial charge in [0.25, 0.3) is 0 Å². The van der Waals surface area contributed by atoms with Gasteiger partial charge in [0, 0.05) is 0 Å². The van der Waals surface area contributed by atoms with Gasteiger partial charge in [-0.1, -0.05) is 0 Å². The maximum absolute atomic E-state index is 13.4. The normalized spacial score (nSPS) is 11.9. The summed E-state index contributed by atoms with van der Waals surface area (Å²) in [5.41, 5.74) is 0. The number of nitriles is 2. The summed E-state index contributed by atoms with van der Waals surface area (Å²) in [5.74, 6) is -5.02. The van der Waals surface area contributed by atoms with Gasteiger partial charge in [-0.25, -0.2) is 0 Å². The predicted molar refractivity (Wildman–Crippen MR) is 48.8 cm³/mol. The van der Waals surface area contributed by atoms with E-state index in [0.29, 0.717) is 0 Å². The van der Waals surface area contributed by atoms with Crippen molar-refractivity contribution in [3.63, 3.8) is 0 Å². The molecule has 0 aliphatic carbocycles. The number of hydrogen-bond donors (Lipinski definition) is 0. The van der Waals surface area contributed by atoms with Gasteiger partial charge in [0.1, 0.15) is 0 Å². The first-order valence-electron chi connectivity index (χ1n) is 3.14. The van der Waals surface area contributed by atoms with Crippen LogP contribution < -0.4 is 56.5 Å². The number of aliphatic carboxylic acids is 1. The number of rotatable bonds is 5. The molecule has 0 aromatic carbocycles. The largest absolute Gasteiger partial charge is 1.00 e. The van der Waals surface area contributed by atoms with Gasteiger partial charge < -0.3 is 0 Å². The topological polar surface area (TPSA) is 132 Å². The minimum absolute atomic E-state index is 0. The van der Waals surface area contributed by atoms with Crippen LogP contribution >= 0.6 is 32.0 Å². The van der Waals surface area contributed by atoms with Gasteiger partial charge in [0.2, 0.25) is 0 Å². The van der Waals surface area contributed by atoms with Crippen LogP contribution in [0.5, 0.6) is 0 Å². The van der Waals surface area contributed by atoms with Crippen molar-refractivity contribution >= 4 is 43.9 Å². The molecule has 0 amide bonds. The van der Waals surface area contributed by atoms with E-state index in [1.54, 1.807) is 0 Å². The van der Waals surface area contributed by atoms with Crippen LogP contribution in [0.2, 0.25) is 0 Å². The van der Waals surface area contributed by atoms with Gasteiger partial charge in [0.15, 0.2) is 0 Å². The zero-order chi connectivity index (χ0) is 13.6. The molecular weight excluding hydrogens is 344 g/mol. The van der Waals surface area contributed by atoms with E-state index in [4.69, 9.17) is 10.5 Å². The summed E-state index contributed by atoms with van der Waals surface area (Å²) >= 11 is -1.01. The first kappa shape index (κ1) is 20.8. The molecule has 0 unspecified atom stereocenters. The van der Waals surface area contributed by atoms with Crippen LogP contribution in [0.1, 0.15) is 0 Å². The van der Waals surface area contributed by atoms with Crippen LogP contribution in [0.15, 0.2) is 0 Å². The molecule has 0 atom stereocenters. The first-order chi connectivity index (χ1) is 7.73. The van der Waals surface area contributed by atoms with Crippen LogP contribution in [0.25, 0.3) is 0 Å². The number of carbonyl (C=O) groups excluding carboxylic acids is 2. The van der Waals surface area contributed by atoms with E-state index in [-0.39, 0.29) is 51.4 Å².